The summed E-state index contributed by atoms with van der Waals surface area (Å²) in [7, 11) is 0. The SMILES string of the molecule is NCCc1nc(C(=O)NC(C2CC2)C2CC2)cs1. The first kappa shape index (κ1) is 12.1. The number of carbonyl (C=O) groups is 1. The molecule has 2 aliphatic carbocycles. The van der Waals surface area contributed by atoms with Gasteiger partial charge < -0.3 is 11.1 Å². The molecule has 0 saturated heterocycles. The van der Waals surface area contributed by atoms with Gasteiger partial charge in [-0.25, -0.2) is 4.98 Å². The van der Waals surface area contributed by atoms with Crippen molar-refractivity contribution in [3.8, 4) is 0 Å². The fourth-order valence-electron chi connectivity index (χ4n) is 2.41. The number of amides is 1. The van der Waals surface area contributed by atoms with Crippen molar-refractivity contribution in [3.05, 3.63) is 16.1 Å². The van der Waals surface area contributed by atoms with E-state index in [0.717, 1.165) is 23.3 Å². The third kappa shape index (κ3) is 2.72. The molecule has 18 heavy (non-hydrogen) atoms. The Bertz CT molecular complexity index is 425. The Kier molecular flexibility index (Phi) is 3.35. The van der Waals surface area contributed by atoms with Gasteiger partial charge in [-0.1, -0.05) is 0 Å². The number of aromatic nitrogens is 1. The second-order valence-corrected chi connectivity index (χ2v) is 6.28. The second-order valence-electron chi connectivity index (χ2n) is 5.34. The van der Waals surface area contributed by atoms with Gasteiger partial charge in [-0.05, 0) is 44.1 Å². The molecule has 0 aromatic carbocycles. The molecule has 3 N–H and O–H groups in total. The standard InChI is InChI=1S/C13H19N3OS/c14-6-5-11-15-10(7-18-11)13(17)16-12(8-1-2-8)9-3-4-9/h7-9,12H,1-6,14H2,(H,16,17). The van der Waals surface area contributed by atoms with Gasteiger partial charge in [0.05, 0.1) is 5.01 Å². The number of nitrogens with zero attached hydrogens (tertiary/aromatic N) is 1. The molecule has 5 heteroatoms. The Hall–Kier alpha value is -0.940. The molecule has 0 atom stereocenters. The first-order chi connectivity index (χ1) is 8.78. The van der Waals surface area contributed by atoms with E-state index in [9.17, 15) is 4.79 Å². The fraction of sp³-hybridized carbons (Fsp3) is 0.692. The summed E-state index contributed by atoms with van der Waals surface area (Å²) in [4.78, 5) is 16.5. The molecule has 1 amide bonds. The van der Waals surface area contributed by atoms with Crippen LogP contribution < -0.4 is 11.1 Å². The Balaban J connectivity index is 1.61. The molecule has 0 spiro atoms. The number of hydrogen-bond donors (Lipinski definition) is 2. The molecule has 1 heterocycles. The van der Waals surface area contributed by atoms with Crippen molar-refractivity contribution in [3.63, 3.8) is 0 Å². The maximum Gasteiger partial charge on any atom is 0.270 e. The van der Waals surface area contributed by atoms with Crippen LogP contribution in [-0.2, 0) is 6.42 Å². The summed E-state index contributed by atoms with van der Waals surface area (Å²) < 4.78 is 0. The molecule has 98 valence electrons. The molecule has 0 aliphatic heterocycles. The van der Waals surface area contributed by atoms with Crippen LogP contribution in [0, 0.1) is 11.8 Å². The van der Waals surface area contributed by atoms with Crippen LogP contribution >= 0.6 is 11.3 Å². The number of rotatable bonds is 6. The number of carbonyl (C=O) groups excluding carboxylic acids is 1. The van der Waals surface area contributed by atoms with E-state index in [-0.39, 0.29) is 5.91 Å². The van der Waals surface area contributed by atoms with Crippen LogP contribution in [0.4, 0.5) is 0 Å². The molecule has 2 saturated carbocycles. The van der Waals surface area contributed by atoms with Crippen LogP contribution in [0.3, 0.4) is 0 Å². The van der Waals surface area contributed by atoms with E-state index in [1.54, 1.807) is 0 Å². The van der Waals surface area contributed by atoms with E-state index in [2.05, 4.69) is 10.3 Å². The minimum absolute atomic E-state index is 0.00155. The maximum absolute atomic E-state index is 12.1. The lowest BCUT2D eigenvalue weighted by atomic mass is 10.1. The molecular formula is C13H19N3OS. The van der Waals surface area contributed by atoms with E-state index >= 15 is 0 Å². The summed E-state index contributed by atoms with van der Waals surface area (Å²) in [5.74, 6) is 1.45. The van der Waals surface area contributed by atoms with Gasteiger partial charge >= 0.3 is 0 Å². The summed E-state index contributed by atoms with van der Waals surface area (Å²) in [6.45, 7) is 0.585. The summed E-state index contributed by atoms with van der Waals surface area (Å²) in [5.41, 5.74) is 6.05. The summed E-state index contributed by atoms with van der Waals surface area (Å²) in [5, 5.41) is 5.99. The largest absolute Gasteiger partial charge is 0.347 e. The molecule has 1 aromatic heterocycles. The molecule has 2 fully saturated rings. The van der Waals surface area contributed by atoms with Crippen LogP contribution in [0.25, 0.3) is 0 Å². The first-order valence-electron chi connectivity index (χ1n) is 6.73. The summed E-state index contributed by atoms with van der Waals surface area (Å²) in [6.07, 6.45) is 5.86. The van der Waals surface area contributed by atoms with Crippen LogP contribution in [0.2, 0.25) is 0 Å². The zero-order valence-corrected chi connectivity index (χ0v) is 11.2. The van der Waals surface area contributed by atoms with Gasteiger partial charge in [0.25, 0.3) is 5.91 Å². The topological polar surface area (TPSA) is 68.0 Å². The molecule has 4 nitrogen and oxygen atoms in total. The average Bonchev–Trinajstić information content (AvgIpc) is 3.26. The van der Waals surface area contributed by atoms with Gasteiger partial charge in [-0.3, -0.25) is 4.79 Å². The van der Waals surface area contributed by atoms with Crippen molar-refractivity contribution < 1.29 is 4.79 Å². The molecule has 3 rings (SSSR count). The minimum Gasteiger partial charge on any atom is -0.347 e. The minimum atomic E-state index is -0.00155. The van der Waals surface area contributed by atoms with Crippen LogP contribution in [-0.4, -0.2) is 23.5 Å². The molecule has 1 aromatic rings. The molecule has 2 aliphatic rings. The smallest absolute Gasteiger partial charge is 0.270 e. The molecule has 0 radical (unpaired) electrons. The van der Waals surface area contributed by atoms with Crippen LogP contribution in [0.1, 0.15) is 41.2 Å². The van der Waals surface area contributed by atoms with Crippen molar-refractivity contribution in [1.82, 2.24) is 10.3 Å². The predicted octanol–water partition coefficient (Wildman–Crippen LogP) is 1.56. The van der Waals surface area contributed by atoms with Gasteiger partial charge in [0.15, 0.2) is 0 Å². The predicted molar refractivity (Wildman–Crippen MR) is 71.6 cm³/mol. The maximum atomic E-state index is 12.1. The van der Waals surface area contributed by atoms with Gasteiger partial charge in [-0.2, -0.15) is 0 Å². The van der Waals surface area contributed by atoms with Gasteiger partial charge in [0.2, 0.25) is 0 Å². The highest BCUT2D eigenvalue weighted by Crippen LogP contribution is 2.44. The Morgan fingerprint density at radius 1 is 1.44 bits per heavy atom. The lowest BCUT2D eigenvalue weighted by Gasteiger charge is -2.16. The zero-order valence-electron chi connectivity index (χ0n) is 10.4. The van der Waals surface area contributed by atoms with Crippen LogP contribution in [0.15, 0.2) is 5.38 Å². The van der Waals surface area contributed by atoms with E-state index < -0.39 is 0 Å². The van der Waals surface area contributed by atoms with E-state index in [0.29, 0.717) is 18.3 Å². The molecule has 0 bridgehead atoms. The van der Waals surface area contributed by atoms with Crippen molar-refractivity contribution in [1.29, 1.82) is 0 Å². The molecular weight excluding hydrogens is 246 g/mol. The van der Waals surface area contributed by atoms with Crippen LogP contribution in [0.5, 0.6) is 0 Å². The number of thiazole rings is 1. The average molecular weight is 265 g/mol. The molecule has 0 unspecified atom stereocenters. The Morgan fingerprint density at radius 2 is 2.11 bits per heavy atom. The van der Waals surface area contributed by atoms with Crippen molar-refractivity contribution >= 4 is 17.2 Å². The van der Waals surface area contributed by atoms with Crippen molar-refractivity contribution in [2.75, 3.05) is 6.54 Å². The highest BCUT2D eigenvalue weighted by atomic mass is 32.1. The second kappa shape index (κ2) is 4.97. The van der Waals surface area contributed by atoms with E-state index in [1.807, 2.05) is 5.38 Å². The highest BCUT2D eigenvalue weighted by molar-refractivity contribution is 7.09. The number of hydrogen-bond acceptors (Lipinski definition) is 4. The normalized spacial score (nSPS) is 19.2. The van der Waals surface area contributed by atoms with Gasteiger partial charge in [-0.15, -0.1) is 11.3 Å². The third-order valence-corrected chi connectivity index (χ3v) is 4.61. The summed E-state index contributed by atoms with van der Waals surface area (Å²) >= 11 is 1.53. The fourth-order valence-corrected chi connectivity index (χ4v) is 3.20. The number of nitrogens with one attached hydrogen (secondary N) is 1. The van der Waals surface area contributed by atoms with E-state index in [4.69, 9.17) is 5.73 Å². The highest BCUT2D eigenvalue weighted by Gasteiger charge is 2.42. The quantitative estimate of drug-likeness (QED) is 0.820. The van der Waals surface area contributed by atoms with E-state index in [1.165, 1.54) is 37.0 Å². The first-order valence-corrected chi connectivity index (χ1v) is 7.61. The Morgan fingerprint density at radius 3 is 2.67 bits per heavy atom. The number of nitrogens with two attached hydrogens (primary N) is 1. The summed E-state index contributed by atoms with van der Waals surface area (Å²) in [6, 6.07) is 0.400. The van der Waals surface area contributed by atoms with Gasteiger partial charge in [0, 0.05) is 17.8 Å². The van der Waals surface area contributed by atoms with Crippen molar-refractivity contribution in [2.24, 2.45) is 17.6 Å². The lowest BCUT2D eigenvalue weighted by molar-refractivity contribution is 0.0922. The van der Waals surface area contributed by atoms with Gasteiger partial charge in [0.1, 0.15) is 5.69 Å². The zero-order chi connectivity index (χ0) is 12.5. The van der Waals surface area contributed by atoms with Crippen molar-refractivity contribution in [2.45, 2.75) is 38.1 Å². The monoisotopic (exact) mass is 265 g/mol. The Labute approximate surface area is 111 Å². The lowest BCUT2D eigenvalue weighted by Crippen LogP contribution is -2.38. The third-order valence-electron chi connectivity index (χ3n) is 3.70.